The second-order valence-electron chi connectivity index (χ2n) is 5.42. The molecular weight excluding hydrogens is 256 g/mol. The molecule has 2 fully saturated rings. The van der Waals surface area contributed by atoms with E-state index in [1.165, 1.54) is 12.8 Å². The average molecular weight is 276 g/mol. The van der Waals surface area contributed by atoms with Gasteiger partial charge in [-0.1, -0.05) is 0 Å². The van der Waals surface area contributed by atoms with Crippen LogP contribution in [0, 0.1) is 6.92 Å². The van der Waals surface area contributed by atoms with E-state index in [4.69, 9.17) is 4.74 Å². The Morgan fingerprint density at radius 1 is 1.45 bits per heavy atom. The summed E-state index contributed by atoms with van der Waals surface area (Å²) in [4.78, 5) is 23.0. The molecule has 1 saturated heterocycles. The molecule has 0 radical (unpaired) electrons. The predicted octanol–water partition coefficient (Wildman–Crippen LogP) is 0.614. The zero-order valence-corrected chi connectivity index (χ0v) is 11.9. The van der Waals surface area contributed by atoms with Crippen LogP contribution in [0.4, 0.5) is 5.82 Å². The highest BCUT2D eigenvalue weighted by Crippen LogP contribution is 2.38. The van der Waals surface area contributed by atoms with Crippen molar-refractivity contribution in [1.82, 2.24) is 15.3 Å². The summed E-state index contributed by atoms with van der Waals surface area (Å²) in [5, 5.41) is 2.63. The van der Waals surface area contributed by atoms with Crippen LogP contribution >= 0.6 is 0 Å². The number of carbonyl (C=O) groups excluding carboxylic acids is 1. The lowest BCUT2D eigenvalue weighted by Gasteiger charge is -2.33. The Hall–Kier alpha value is -1.69. The lowest BCUT2D eigenvalue weighted by molar-refractivity contribution is -0.132. The van der Waals surface area contributed by atoms with Crippen LogP contribution in [-0.4, -0.2) is 48.7 Å². The van der Waals surface area contributed by atoms with Crippen molar-refractivity contribution in [1.29, 1.82) is 0 Å². The number of likely N-dealkylation sites (N-methyl/N-ethyl adjacent to an activating group) is 1. The number of nitrogens with zero attached hydrogens (tertiary/aromatic N) is 3. The van der Waals surface area contributed by atoms with Gasteiger partial charge in [-0.2, -0.15) is 0 Å². The number of nitrogens with one attached hydrogen (secondary N) is 1. The maximum absolute atomic E-state index is 11.7. The number of aromatic nitrogens is 2. The summed E-state index contributed by atoms with van der Waals surface area (Å²) in [6.07, 6.45) is 1.95. The Morgan fingerprint density at radius 2 is 2.25 bits per heavy atom. The van der Waals surface area contributed by atoms with E-state index in [-0.39, 0.29) is 5.91 Å². The number of carbonyl (C=O) groups is 1. The number of hydrogen-bond acceptors (Lipinski definition) is 5. The number of anilines is 1. The number of ether oxygens (including phenoxy) is 1. The molecule has 1 aliphatic carbocycles. The van der Waals surface area contributed by atoms with Gasteiger partial charge in [0.25, 0.3) is 5.91 Å². The van der Waals surface area contributed by atoms with Gasteiger partial charge in [-0.25, -0.2) is 9.97 Å². The highest BCUT2D eigenvalue weighted by molar-refractivity contribution is 5.81. The van der Waals surface area contributed by atoms with Crippen LogP contribution in [-0.2, 0) is 9.53 Å². The first-order valence-electron chi connectivity index (χ1n) is 7.11. The summed E-state index contributed by atoms with van der Waals surface area (Å²) in [5.41, 5.74) is 0.986. The smallest absolute Gasteiger partial charge is 0.250 e. The summed E-state index contributed by atoms with van der Waals surface area (Å²) in [5.74, 6) is 2.31. The average Bonchev–Trinajstić information content (AvgIpc) is 3.30. The number of aryl methyl sites for hydroxylation is 1. The van der Waals surface area contributed by atoms with Gasteiger partial charge in [-0.15, -0.1) is 0 Å². The highest BCUT2D eigenvalue weighted by Gasteiger charge is 2.30. The van der Waals surface area contributed by atoms with Crippen LogP contribution in [0.15, 0.2) is 6.07 Å². The molecule has 6 nitrogen and oxygen atoms in total. The Bertz CT molecular complexity index is 516. The fourth-order valence-corrected chi connectivity index (χ4v) is 2.44. The molecule has 1 aromatic heterocycles. The third-order valence-electron chi connectivity index (χ3n) is 3.73. The molecule has 1 aromatic rings. The van der Waals surface area contributed by atoms with Gasteiger partial charge in [0.2, 0.25) is 0 Å². The van der Waals surface area contributed by atoms with Crippen molar-refractivity contribution in [3.8, 4) is 0 Å². The molecule has 1 unspecified atom stereocenters. The Kier molecular flexibility index (Phi) is 3.56. The van der Waals surface area contributed by atoms with E-state index in [1.54, 1.807) is 7.05 Å². The normalized spacial score (nSPS) is 22.7. The first-order chi connectivity index (χ1) is 9.67. The Balaban J connectivity index is 1.79. The van der Waals surface area contributed by atoms with E-state index in [2.05, 4.69) is 20.2 Å². The lowest BCUT2D eigenvalue weighted by Crippen LogP contribution is -2.49. The molecular formula is C14H20N4O2. The first-order valence-corrected chi connectivity index (χ1v) is 7.11. The van der Waals surface area contributed by atoms with Crippen molar-refractivity contribution in [2.45, 2.75) is 31.8 Å². The molecule has 0 spiro atoms. The van der Waals surface area contributed by atoms with Gasteiger partial charge in [0.05, 0.1) is 13.2 Å². The molecule has 3 rings (SSSR count). The highest BCUT2D eigenvalue weighted by atomic mass is 16.5. The predicted molar refractivity (Wildman–Crippen MR) is 74.8 cm³/mol. The van der Waals surface area contributed by atoms with Gasteiger partial charge in [0.15, 0.2) is 6.10 Å². The zero-order chi connectivity index (χ0) is 14.1. The largest absolute Gasteiger partial charge is 0.365 e. The van der Waals surface area contributed by atoms with Gasteiger partial charge in [-0.05, 0) is 19.8 Å². The summed E-state index contributed by atoms with van der Waals surface area (Å²) in [6, 6.07) is 1.98. The molecule has 1 saturated carbocycles. The number of hydrogen-bond donors (Lipinski definition) is 1. The monoisotopic (exact) mass is 276 g/mol. The molecule has 0 bridgehead atoms. The minimum atomic E-state index is -0.423. The van der Waals surface area contributed by atoms with Crippen molar-refractivity contribution in [3.05, 3.63) is 17.6 Å². The molecule has 20 heavy (non-hydrogen) atoms. The number of rotatable bonds is 3. The molecule has 1 amide bonds. The maximum Gasteiger partial charge on any atom is 0.250 e. The second-order valence-corrected chi connectivity index (χ2v) is 5.42. The summed E-state index contributed by atoms with van der Waals surface area (Å²) >= 11 is 0. The second kappa shape index (κ2) is 5.36. The van der Waals surface area contributed by atoms with E-state index in [0.29, 0.717) is 19.1 Å². The quantitative estimate of drug-likeness (QED) is 0.876. The van der Waals surface area contributed by atoms with Gasteiger partial charge >= 0.3 is 0 Å². The fraction of sp³-hybridized carbons (Fsp3) is 0.643. The van der Waals surface area contributed by atoms with E-state index in [1.807, 2.05) is 13.0 Å². The van der Waals surface area contributed by atoms with Crippen LogP contribution in [0.2, 0.25) is 0 Å². The van der Waals surface area contributed by atoms with Crippen LogP contribution in [0.25, 0.3) is 0 Å². The third-order valence-corrected chi connectivity index (χ3v) is 3.73. The van der Waals surface area contributed by atoms with Crippen LogP contribution in [0.1, 0.15) is 30.3 Å². The van der Waals surface area contributed by atoms with Crippen molar-refractivity contribution < 1.29 is 9.53 Å². The summed E-state index contributed by atoms with van der Waals surface area (Å²) < 4.78 is 5.51. The van der Waals surface area contributed by atoms with E-state index >= 15 is 0 Å². The van der Waals surface area contributed by atoms with Gasteiger partial charge in [0, 0.05) is 31.3 Å². The Labute approximate surface area is 118 Å². The number of amides is 1. The van der Waals surface area contributed by atoms with Gasteiger partial charge in [0.1, 0.15) is 11.6 Å². The summed E-state index contributed by atoms with van der Waals surface area (Å²) in [6.45, 7) is 3.84. The SMILES string of the molecule is CNC(=O)C1CN(c2cc(C)nc(C3CC3)n2)CCO1. The van der Waals surface area contributed by atoms with Gasteiger partial charge in [-0.3, -0.25) is 4.79 Å². The summed E-state index contributed by atoms with van der Waals surface area (Å²) in [7, 11) is 1.63. The van der Waals surface area contributed by atoms with E-state index < -0.39 is 6.10 Å². The van der Waals surface area contributed by atoms with Crippen molar-refractivity contribution in [2.24, 2.45) is 0 Å². The first kappa shape index (κ1) is 13.3. The topological polar surface area (TPSA) is 67.4 Å². The molecule has 1 N–H and O–H groups in total. The molecule has 108 valence electrons. The molecule has 1 aliphatic heterocycles. The standard InChI is InChI=1S/C14H20N4O2/c1-9-7-12(17-13(16-9)10-3-4-10)18-5-6-20-11(8-18)14(19)15-2/h7,10-11H,3-6,8H2,1-2H3,(H,15,19). The molecule has 2 heterocycles. The molecule has 0 aromatic carbocycles. The molecule has 1 atom stereocenters. The minimum Gasteiger partial charge on any atom is -0.365 e. The van der Waals surface area contributed by atoms with Crippen LogP contribution < -0.4 is 10.2 Å². The lowest BCUT2D eigenvalue weighted by atomic mass is 10.2. The van der Waals surface area contributed by atoms with Crippen molar-refractivity contribution in [3.63, 3.8) is 0 Å². The Morgan fingerprint density at radius 3 is 2.95 bits per heavy atom. The number of morpholine rings is 1. The molecule has 6 heteroatoms. The van der Waals surface area contributed by atoms with E-state index in [9.17, 15) is 4.79 Å². The van der Waals surface area contributed by atoms with Crippen LogP contribution in [0.5, 0.6) is 0 Å². The minimum absolute atomic E-state index is 0.0807. The third kappa shape index (κ3) is 2.75. The molecule has 2 aliphatic rings. The van der Waals surface area contributed by atoms with Gasteiger partial charge < -0.3 is 15.0 Å². The zero-order valence-electron chi connectivity index (χ0n) is 11.9. The van der Waals surface area contributed by atoms with Crippen LogP contribution in [0.3, 0.4) is 0 Å². The van der Waals surface area contributed by atoms with E-state index in [0.717, 1.165) is 23.9 Å². The maximum atomic E-state index is 11.7. The fourth-order valence-electron chi connectivity index (χ4n) is 2.44. The van der Waals surface area contributed by atoms with Crippen molar-refractivity contribution in [2.75, 3.05) is 31.6 Å². The van der Waals surface area contributed by atoms with Crippen molar-refractivity contribution >= 4 is 11.7 Å².